The second-order valence-electron chi connectivity index (χ2n) is 11.3. The van der Waals surface area contributed by atoms with Crippen LogP contribution in [0.4, 0.5) is 13.2 Å². The predicted molar refractivity (Wildman–Crippen MR) is 160 cm³/mol. The molecule has 5 rings (SSSR count). The van der Waals surface area contributed by atoms with Crippen LogP contribution < -0.4 is 10.1 Å². The number of likely N-dealkylation sites (tertiary alicyclic amines) is 1. The molecule has 3 aliphatic rings. The minimum atomic E-state index is -5.08. The molecule has 1 aliphatic carbocycles. The predicted octanol–water partition coefficient (Wildman–Crippen LogP) is 5.17. The number of benzene rings is 2. The minimum Gasteiger partial charge on any atom is -0.496 e. The number of carbonyl (C=O) groups is 4. The number of esters is 1. The quantitative estimate of drug-likeness (QED) is 0.294. The van der Waals surface area contributed by atoms with Crippen molar-refractivity contribution in [3.8, 4) is 5.75 Å². The van der Waals surface area contributed by atoms with E-state index in [4.69, 9.17) is 19.4 Å². The van der Waals surface area contributed by atoms with Crippen molar-refractivity contribution in [2.75, 3.05) is 20.8 Å². The van der Waals surface area contributed by atoms with Crippen molar-refractivity contribution in [1.29, 1.82) is 0 Å². The highest BCUT2D eigenvalue weighted by Gasteiger charge is 2.68. The van der Waals surface area contributed by atoms with E-state index in [2.05, 4.69) is 11.4 Å². The van der Waals surface area contributed by atoms with E-state index in [-0.39, 0.29) is 24.8 Å². The number of rotatable bonds is 8. The molecule has 2 N–H and O–H groups in total. The van der Waals surface area contributed by atoms with Crippen molar-refractivity contribution < 1.29 is 46.9 Å². The van der Waals surface area contributed by atoms with Gasteiger partial charge in [0.1, 0.15) is 11.3 Å². The van der Waals surface area contributed by atoms with E-state index in [1.165, 1.54) is 44.1 Å². The summed E-state index contributed by atoms with van der Waals surface area (Å²) in [5.74, 6) is -4.70. The van der Waals surface area contributed by atoms with Crippen LogP contribution in [-0.2, 0) is 30.3 Å². The van der Waals surface area contributed by atoms with Crippen molar-refractivity contribution in [2.24, 2.45) is 11.8 Å². The molecule has 1 saturated carbocycles. The van der Waals surface area contributed by atoms with Crippen LogP contribution in [0.2, 0.25) is 0 Å². The van der Waals surface area contributed by atoms with Gasteiger partial charge in [0.25, 0.3) is 0 Å². The second-order valence-corrected chi connectivity index (χ2v) is 12.6. The van der Waals surface area contributed by atoms with Gasteiger partial charge >= 0.3 is 18.1 Å². The Morgan fingerprint density at radius 2 is 1.69 bits per heavy atom. The topological polar surface area (TPSA) is 122 Å². The van der Waals surface area contributed by atoms with Crippen LogP contribution in [0.3, 0.4) is 0 Å². The summed E-state index contributed by atoms with van der Waals surface area (Å²) < 4.78 is 42.8. The van der Waals surface area contributed by atoms with Crippen molar-refractivity contribution in [3.05, 3.63) is 59.7 Å². The molecule has 0 spiro atoms. The highest BCUT2D eigenvalue weighted by atomic mass is 32.2. The van der Waals surface area contributed by atoms with Crippen LogP contribution >= 0.6 is 11.8 Å². The molecule has 9 nitrogen and oxygen atoms in total. The number of imide groups is 1. The Balaban J connectivity index is 0.000000591. The van der Waals surface area contributed by atoms with Gasteiger partial charge < -0.3 is 14.6 Å². The van der Waals surface area contributed by atoms with Crippen LogP contribution in [0.5, 0.6) is 5.75 Å². The summed E-state index contributed by atoms with van der Waals surface area (Å²) in [5.41, 5.74) is 0.338. The first-order chi connectivity index (χ1) is 21.4. The average molecular weight is 651 g/mol. The number of amides is 2. The number of halogens is 3. The third kappa shape index (κ3) is 7.14. The number of aliphatic carboxylic acids is 1. The van der Waals surface area contributed by atoms with Gasteiger partial charge in [0.2, 0.25) is 11.8 Å². The second kappa shape index (κ2) is 14.2. The number of alkyl halides is 3. The Morgan fingerprint density at radius 3 is 2.24 bits per heavy atom. The molecule has 2 aromatic carbocycles. The van der Waals surface area contributed by atoms with E-state index in [0.29, 0.717) is 5.25 Å². The number of thioether (sulfide) groups is 1. The fraction of sp³-hybridized carbons (Fsp3) is 0.500. The fourth-order valence-corrected chi connectivity index (χ4v) is 7.85. The molecular weight excluding hydrogens is 613 g/mol. The first-order valence-electron chi connectivity index (χ1n) is 14.8. The maximum Gasteiger partial charge on any atom is 0.490 e. The molecule has 4 atom stereocenters. The number of hydrogen-bond donors (Lipinski definition) is 2. The van der Waals surface area contributed by atoms with Crippen molar-refractivity contribution in [3.63, 3.8) is 0 Å². The van der Waals surface area contributed by atoms with Crippen LogP contribution in [0.15, 0.2) is 53.4 Å². The normalized spacial score (nSPS) is 24.9. The molecule has 2 amide bonds. The van der Waals surface area contributed by atoms with Gasteiger partial charge in [-0.05, 0) is 43.0 Å². The number of nitrogens with zero attached hydrogens (tertiary/aromatic N) is 1. The molecule has 0 bridgehead atoms. The van der Waals surface area contributed by atoms with Crippen LogP contribution in [0, 0.1) is 11.8 Å². The zero-order valence-electron chi connectivity index (χ0n) is 25.3. The van der Waals surface area contributed by atoms with E-state index in [0.717, 1.165) is 21.8 Å². The molecule has 2 aromatic rings. The van der Waals surface area contributed by atoms with Gasteiger partial charge in [-0.3, -0.25) is 24.6 Å². The van der Waals surface area contributed by atoms with Crippen molar-refractivity contribution >= 4 is 35.5 Å². The number of fused-ring (bicyclic) bond motifs is 1. The van der Waals surface area contributed by atoms with Gasteiger partial charge in [-0.2, -0.15) is 13.2 Å². The number of nitrogens with one attached hydrogen (secondary N) is 1. The lowest BCUT2D eigenvalue weighted by molar-refractivity contribution is -0.192. The zero-order chi connectivity index (χ0) is 32.9. The molecular formula is C32H37F3N2O7S. The standard InChI is InChI=1S/C30H36N2O5S.C2HF3O2/c1-4-32-27(33)24-25(28(32)34)30(29(35)37-3,18-19-11-7-5-8-12-19)31-26(24)20-15-16-23(22(17-20)36-2)38-21-13-9-6-10-14-21;3-2(4,5)1(6)7/h5,7-8,11-12,15-17,21,24-26,31H,4,6,9-10,13-14,18H2,1-3H3;(H,6,7)/t24-,25-,26-,30-;/m1./s1. The summed E-state index contributed by atoms with van der Waals surface area (Å²) in [7, 11) is 2.99. The number of carboxylic acid groups (broad SMARTS) is 1. The molecule has 0 aromatic heterocycles. The number of carbonyl (C=O) groups excluding carboxylic acids is 3. The Hall–Kier alpha value is -3.58. The summed E-state index contributed by atoms with van der Waals surface area (Å²) in [6, 6.07) is 15.0. The van der Waals surface area contributed by atoms with Gasteiger partial charge in [-0.15, -0.1) is 11.8 Å². The molecule has 45 heavy (non-hydrogen) atoms. The van der Waals surface area contributed by atoms with Gasteiger partial charge in [0, 0.05) is 29.2 Å². The lowest BCUT2D eigenvalue weighted by Crippen LogP contribution is -2.57. The highest BCUT2D eigenvalue weighted by molar-refractivity contribution is 8.00. The maximum atomic E-state index is 13.7. The summed E-state index contributed by atoms with van der Waals surface area (Å²) in [6.45, 7) is 2.05. The Morgan fingerprint density at radius 1 is 1.04 bits per heavy atom. The molecule has 0 radical (unpaired) electrons. The van der Waals surface area contributed by atoms with Crippen LogP contribution in [0.25, 0.3) is 0 Å². The fourth-order valence-electron chi connectivity index (χ4n) is 6.52. The number of methoxy groups -OCH3 is 2. The summed E-state index contributed by atoms with van der Waals surface area (Å²) >= 11 is 1.85. The van der Waals surface area contributed by atoms with E-state index < -0.39 is 41.5 Å². The molecule has 3 fully saturated rings. The van der Waals surface area contributed by atoms with Crippen molar-refractivity contribution in [1.82, 2.24) is 10.2 Å². The van der Waals surface area contributed by atoms with Gasteiger partial charge in [-0.1, -0.05) is 55.7 Å². The number of hydrogen-bond acceptors (Lipinski definition) is 8. The first-order valence-corrected chi connectivity index (χ1v) is 15.7. The van der Waals surface area contributed by atoms with E-state index >= 15 is 0 Å². The molecule has 2 aliphatic heterocycles. The Kier molecular flexibility index (Phi) is 10.9. The first kappa shape index (κ1) is 34.3. The molecule has 13 heteroatoms. The van der Waals surface area contributed by atoms with Crippen molar-refractivity contribution in [2.45, 2.75) is 73.4 Å². The number of carboxylic acids is 1. The van der Waals surface area contributed by atoms with Crippen LogP contribution in [0.1, 0.15) is 56.2 Å². The number of ether oxygens (including phenoxy) is 2. The summed E-state index contributed by atoms with van der Waals surface area (Å²) in [4.78, 5) is 52.1. The molecule has 2 heterocycles. The zero-order valence-corrected chi connectivity index (χ0v) is 26.1. The third-order valence-corrected chi connectivity index (χ3v) is 9.97. The monoisotopic (exact) mass is 650 g/mol. The lowest BCUT2D eigenvalue weighted by atomic mass is 9.76. The van der Waals surface area contributed by atoms with Gasteiger partial charge in [0.05, 0.1) is 26.1 Å². The summed E-state index contributed by atoms with van der Waals surface area (Å²) in [6.07, 6.45) is 1.38. The summed E-state index contributed by atoms with van der Waals surface area (Å²) in [5, 5.41) is 11.2. The highest BCUT2D eigenvalue weighted by Crippen LogP contribution is 2.51. The minimum absolute atomic E-state index is 0.238. The van der Waals surface area contributed by atoms with E-state index in [1.54, 1.807) is 14.0 Å². The molecule has 0 unspecified atom stereocenters. The largest absolute Gasteiger partial charge is 0.496 e. The Labute approximate surface area is 263 Å². The molecule has 2 saturated heterocycles. The maximum absolute atomic E-state index is 13.7. The smallest absolute Gasteiger partial charge is 0.490 e. The Bertz CT molecular complexity index is 1400. The van der Waals surface area contributed by atoms with Crippen LogP contribution in [-0.4, -0.2) is 71.5 Å². The SMILES string of the molecule is CCN1C(=O)[C@H]2[C@@H](c3ccc(SC4CCCCC4)c(OC)c3)N[C@@](Cc3ccccc3)(C(=O)OC)[C@H]2C1=O.O=C(O)C(F)(F)F. The van der Waals surface area contributed by atoms with Gasteiger partial charge in [-0.25, -0.2) is 4.79 Å². The third-order valence-electron chi connectivity index (χ3n) is 8.57. The average Bonchev–Trinajstić information content (AvgIpc) is 3.50. The van der Waals surface area contributed by atoms with E-state index in [9.17, 15) is 27.6 Å². The molecule has 244 valence electrons. The van der Waals surface area contributed by atoms with E-state index in [1.807, 2.05) is 54.2 Å². The lowest BCUT2D eigenvalue weighted by Gasteiger charge is -2.32. The van der Waals surface area contributed by atoms with Gasteiger partial charge in [0.15, 0.2) is 0 Å².